The second-order valence-corrected chi connectivity index (χ2v) is 7.19. The van der Waals surface area contributed by atoms with Gasteiger partial charge in [0.1, 0.15) is 12.7 Å². The van der Waals surface area contributed by atoms with E-state index < -0.39 is 36.0 Å². The standard InChI is InChI=1S/C22H25O7P/c1-2-17-18(27-20(23)15-9-5-3-6-10-15)19(22(25,29-17)13-26-14-30)28-21(24)16-11-7-4-8-12-16/h3-12,17-19,25H,2,13-14,30H2,1H3/t17-,18+,19?,22+/m1/s1. The van der Waals surface area contributed by atoms with Crippen molar-refractivity contribution in [3.8, 4) is 0 Å². The van der Waals surface area contributed by atoms with E-state index in [0.717, 1.165) is 0 Å². The minimum absolute atomic E-state index is 0.246. The van der Waals surface area contributed by atoms with Crippen LogP contribution in [0.1, 0.15) is 34.1 Å². The summed E-state index contributed by atoms with van der Waals surface area (Å²) in [5.41, 5.74) is 0.650. The molecule has 1 fully saturated rings. The Morgan fingerprint density at radius 3 is 2.03 bits per heavy atom. The molecule has 1 saturated heterocycles. The van der Waals surface area contributed by atoms with Gasteiger partial charge in [0, 0.05) is 0 Å². The van der Waals surface area contributed by atoms with Crippen molar-refractivity contribution in [3.05, 3.63) is 71.8 Å². The Bertz CT molecular complexity index is 845. The molecule has 5 atom stereocenters. The molecule has 0 saturated carbocycles. The monoisotopic (exact) mass is 432 g/mol. The maximum absolute atomic E-state index is 12.7. The number of carbonyl (C=O) groups is 2. The van der Waals surface area contributed by atoms with Gasteiger partial charge in [-0.2, -0.15) is 0 Å². The van der Waals surface area contributed by atoms with Gasteiger partial charge in [-0.05, 0) is 30.7 Å². The second kappa shape index (κ2) is 10.1. The molecule has 1 aliphatic rings. The number of carbonyl (C=O) groups excluding carboxylic acids is 2. The molecule has 0 aromatic heterocycles. The van der Waals surface area contributed by atoms with Gasteiger partial charge in [0.05, 0.1) is 17.5 Å². The van der Waals surface area contributed by atoms with Crippen LogP contribution in [0.2, 0.25) is 0 Å². The number of esters is 2. The summed E-state index contributed by atoms with van der Waals surface area (Å²) in [6, 6.07) is 16.8. The maximum atomic E-state index is 12.7. The zero-order chi connectivity index (χ0) is 21.6. The summed E-state index contributed by atoms with van der Waals surface area (Å²) >= 11 is 0. The third kappa shape index (κ3) is 5.05. The highest BCUT2D eigenvalue weighted by atomic mass is 31.0. The first kappa shape index (κ1) is 22.4. The fraction of sp³-hybridized carbons (Fsp3) is 0.364. The molecule has 0 amide bonds. The summed E-state index contributed by atoms with van der Waals surface area (Å²) in [6.07, 6.45) is -2.27. The van der Waals surface area contributed by atoms with E-state index in [4.69, 9.17) is 18.9 Å². The molecule has 3 rings (SSSR count). The van der Waals surface area contributed by atoms with Gasteiger partial charge >= 0.3 is 11.9 Å². The van der Waals surface area contributed by atoms with Crippen LogP contribution in [0.5, 0.6) is 0 Å². The number of hydrogen-bond acceptors (Lipinski definition) is 7. The van der Waals surface area contributed by atoms with Crippen molar-refractivity contribution in [2.24, 2.45) is 0 Å². The average molecular weight is 432 g/mol. The molecule has 1 aliphatic heterocycles. The van der Waals surface area contributed by atoms with Crippen molar-refractivity contribution >= 4 is 21.2 Å². The van der Waals surface area contributed by atoms with Crippen LogP contribution < -0.4 is 0 Å². The van der Waals surface area contributed by atoms with E-state index in [-0.39, 0.29) is 13.0 Å². The van der Waals surface area contributed by atoms with Crippen molar-refractivity contribution in [2.75, 3.05) is 13.0 Å². The third-order valence-electron chi connectivity index (χ3n) is 4.79. The Morgan fingerprint density at radius 2 is 1.53 bits per heavy atom. The van der Waals surface area contributed by atoms with Gasteiger partial charge in [-0.3, -0.25) is 0 Å². The Hall–Kier alpha value is -2.31. The predicted octanol–water partition coefficient (Wildman–Crippen LogP) is 2.78. The molecule has 1 N–H and O–H groups in total. The largest absolute Gasteiger partial charge is 0.452 e. The normalized spacial score (nSPS) is 25.6. The van der Waals surface area contributed by atoms with E-state index >= 15 is 0 Å². The molecule has 0 spiro atoms. The lowest BCUT2D eigenvalue weighted by molar-refractivity contribution is -0.250. The van der Waals surface area contributed by atoms with Crippen LogP contribution in [0.25, 0.3) is 0 Å². The Labute approximate surface area is 177 Å². The molecule has 0 bridgehead atoms. The van der Waals surface area contributed by atoms with Crippen LogP contribution in [0.3, 0.4) is 0 Å². The highest BCUT2D eigenvalue weighted by molar-refractivity contribution is 7.16. The quantitative estimate of drug-likeness (QED) is 0.507. The summed E-state index contributed by atoms with van der Waals surface area (Å²) in [5, 5.41) is 11.1. The Morgan fingerprint density at radius 1 is 1.00 bits per heavy atom. The molecule has 30 heavy (non-hydrogen) atoms. The zero-order valence-electron chi connectivity index (χ0n) is 16.6. The first-order chi connectivity index (χ1) is 14.5. The first-order valence-corrected chi connectivity index (χ1v) is 10.5. The molecule has 2 unspecified atom stereocenters. The van der Waals surface area contributed by atoms with Crippen LogP contribution in [-0.4, -0.2) is 54.1 Å². The van der Waals surface area contributed by atoms with Crippen molar-refractivity contribution in [3.63, 3.8) is 0 Å². The number of hydrogen-bond donors (Lipinski definition) is 1. The van der Waals surface area contributed by atoms with Gasteiger partial charge in [0.2, 0.25) is 5.79 Å². The number of rotatable bonds is 8. The Kier molecular flexibility index (Phi) is 7.56. The summed E-state index contributed by atoms with van der Waals surface area (Å²) < 4.78 is 22.4. The number of benzene rings is 2. The van der Waals surface area contributed by atoms with Crippen LogP contribution >= 0.6 is 9.24 Å². The van der Waals surface area contributed by atoms with Crippen LogP contribution in [0.4, 0.5) is 0 Å². The molecule has 160 valence electrons. The van der Waals surface area contributed by atoms with E-state index in [2.05, 4.69) is 9.24 Å². The van der Waals surface area contributed by atoms with Crippen molar-refractivity contribution < 1.29 is 33.6 Å². The SMILES string of the molecule is CC[C@H]1O[C@@](O)(COCP)C(OC(=O)c2ccccc2)[C@H]1OC(=O)c1ccccc1. The molecule has 1 heterocycles. The fourth-order valence-corrected chi connectivity index (χ4v) is 3.42. The van der Waals surface area contributed by atoms with Gasteiger partial charge in [0.25, 0.3) is 0 Å². The zero-order valence-corrected chi connectivity index (χ0v) is 17.8. The molecule has 0 radical (unpaired) electrons. The molecular weight excluding hydrogens is 407 g/mol. The molecular formula is C22H25O7P. The summed E-state index contributed by atoms with van der Waals surface area (Å²) in [4.78, 5) is 25.3. The smallest absolute Gasteiger partial charge is 0.338 e. The summed E-state index contributed by atoms with van der Waals surface area (Å²) in [5.74, 6) is -3.21. The van der Waals surface area contributed by atoms with Gasteiger partial charge in [-0.1, -0.05) is 43.3 Å². The van der Waals surface area contributed by atoms with Crippen molar-refractivity contribution in [1.29, 1.82) is 0 Å². The molecule has 2 aromatic carbocycles. The molecule has 7 nitrogen and oxygen atoms in total. The number of aliphatic hydroxyl groups is 1. The van der Waals surface area contributed by atoms with Crippen molar-refractivity contribution in [1.82, 2.24) is 0 Å². The van der Waals surface area contributed by atoms with E-state index in [9.17, 15) is 14.7 Å². The molecule has 2 aromatic rings. The third-order valence-corrected chi connectivity index (χ3v) is 5.03. The fourth-order valence-electron chi connectivity index (χ4n) is 3.31. The van der Waals surface area contributed by atoms with E-state index in [1.165, 1.54) is 0 Å². The van der Waals surface area contributed by atoms with Crippen LogP contribution in [-0.2, 0) is 18.9 Å². The highest BCUT2D eigenvalue weighted by Crippen LogP contribution is 2.36. The van der Waals surface area contributed by atoms with Crippen LogP contribution in [0, 0.1) is 0 Å². The van der Waals surface area contributed by atoms with E-state index in [1.54, 1.807) is 60.7 Å². The van der Waals surface area contributed by atoms with E-state index in [0.29, 0.717) is 17.5 Å². The summed E-state index contributed by atoms with van der Waals surface area (Å²) in [7, 11) is 2.37. The minimum atomic E-state index is -1.96. The highest BCUT2D eigenvalue weighted by Gasteiger charge is 2.58. The first-order valence-electron chi connectivity index (χ1n) is 9.68. The maximum Gasteiger partial charge on any atom is 0.338 e. The van der Waals surface area contributed by atoms with Gasteiger partial charge in [-0.25, -0.2) is 9.59 Å². The van der Waals surface area contributed by atoms with Crippen molar-refractivity contribution in [2.45, 2.75) is 37.4 Å². The topological polar surface area (TPSA) is 91.3 Å². The lowest BCUT2D eigenvalue weighted by Crippen LogP contribution is -2.50. The minimum Gasteiger partial charge on any atom is -0.452 e. The second-order valence-electron chi connectivity index (χ2n) is 6.85. The lowest BCUT2D eigenvalue weighted by Gasteiger charge is -2.29. The molecule has 0 aliphatic carbocycles. The molecule has 8 heteroatoms. The average Bonchev–Trinajstić information content (AvgIpc) is 3.04. The number of ether oxygens (including phenoxy) is 4. The van der Waals surface area contributed by atoms with Crippen LogP contribution in [0.15, 0.2) is 60.7 Å². The summed E-state index contributed by atoms with van der Waals surface area (Å²) in [6.45, 7) is 1.57. The van der Waals surface area contributed by atoms with E-state index in [1.807, 2.05) is 6.92 Å². The van der Waals surface area contributed by atoms with Gasteiger partial charge < -0.3 is 24.1 Å². The lowest BCUT2D eigenvalue weighted by atomic mass is 10.0. The van der Waals surface area contributed by atoms with Gasteiger partial charge in [-0.15, -0.1) is 9.24 Å². The predicted molar refractivity (Wildman–Crippen MR) is 112 cm³/mol. The Balaban J connectivity index is 1.87. The van der Waals surface area contributed by atoms with Gasteiger partial charge in [0.15, 0.2) is 12.2 Å².